The highest BCUT2D eigenvalue weighted by molar-refractivity contribution is 5.79. The number of hydrogen-bond acceptors (Lipinski definition) is 2. The summed E-state index contributed by atoms with van der Waals surface area (Å²) in [4.78, 5) is 14.0. The first-order chi connectivity index (χ1) is 7.61. The van der Waals surface area contributed by atoms with Gasteiger partial charge in [0.1, 0.15) is 0 Å². The van der Waals surface area contributed by atoms with Gasteiger partial charge in [-0.05, 0) is 31.6 Å². The van der Waals surface area contributed by atoms with E-state index in [9.17, 15) is 9.90 Å². The minimum Gasteiger partial charge on any atom is -0.391 e. The molecular weight excluding hydrogens is 202 g/mol. The molecule has 0 aromatic carbocycles. The number of aliphatic hydroxyl groups excluding tert-OH is 1. The Hall–Kier alpha value is -0.570. The number of rotatable bonds is 3. The van der Waals surface area contributed by atoms with Crippen LogP contribution in [0.5, 0.6) is 0 Å². The van der Waals surface area contributed by atoms with Crippen LogP contribution >= 0.6 is 0 Å². The predicted octanol–water partition coefficient (Wildman–Crippen LogP) is 1.79. The third-order valence-electron chi connectivity index (χ3n) is 4.26. The summed E-state index contributed by atoms with van der Waals surface area (Å²) in [5.74, 6) is 0.989. The van der Waals surface area contributed by atoms with Crippen molar-refractivity contribution in [1.29, 1.82) is 0 Å². The summed E-state index contributed by atoms with van der Waals surface area (Å²) < 4.78 is 0. The number of nitrogens with zero attached hydrogens (tertiary/aromatic N) is 1. The van der Waals surface area contributed by atoms with Gasteiger partial charge in [0.05, 0.1) is 12.1 Å². The summed E-state index contributed by atoms with van der Waals surface area (Å²) in [5, 5.41) is 9.93. The van der Waals surface area contributed by atoms with E-state index < -0.39 is 0 Å². The molecule has 0 aromatic heterocycles. The van der Waals surface area contributed by atoms with Crippen LogP contribution in [0, 0.1) is 11.8 Å². The fourth-order valence-electron chi connectivity index (χ4n) is 2.83. The van der Waals surface area contributed by atoms with Crippen LogP contribution in [-0.4, -0.2) is 35.1 Å². The summed E-state index contributed by atoms with van der Waals surface area (Å²) in [5.41, 5.74) is 0. The van der Waals surface area contributed by atoms with Gasteiger partial charge in [0.2, 0.25) is 5.91 Å². The second-order valence-electron chi connectivity index (χ2n) is 5.49. The molecule has 0 bridgehead atoms. The maximum atomic E-state index is 12.2. The topological polar surface area (TPSA) is 40.5 Å². The van der Waals surface area contributed by atoms with Crippen LogP contribution < -0.4 is 0 Å². The lowest BCUT2D eigenvalue weighted by Gasteiger charge is -2.36. The standard InChI is InChI=1S/C13H23NO2/c1-9(10-7-8-10)13(16)14(2)11-5-3-4-6-12(11)15/h9-12,15H,3-8H2,1-2H3. The lowest BCUT2D eigenvalue weighted by atomic mass is 9.90. The van der Waals surface area contributed by atoms with E-state index in [1.807, 2.05) is 18.9 Å². The van der Waals surface area contributed by atoms with Crippen LogP contribution in [0.1, 0.15) is 45.4 Å². The van der Waals surface area contributed by atoms with Crippen LogP contribution in [0.2, 0.25) is 0 Å². The van der Waals surface area contributed by atoms with Gasteiger partial charge in [0.25, 0.3) is 0 Å². The first-order valence-electron chi connectivity index (χ1n) is 6.56. The minimum atomic E-state index is -0.311. The van der Waals surface area contributed by atoms with Gasteiger partial charge in [0, 0.05) is 13.0 Å². The Morgan fingerprint density at radius 2 is 1.88 bits per heavy atom. The second kappa shape index (κ2) is 4.74. The number of carbonyl (C=O) groups excluding carboxylic acids is 1. The van der Waals surface area contributed by atoms with E-state index in [0.717, 1.165) is 25.7 Å². The molecule has 2 aliphatic carbocycles. The molecule has 0 radical (unpaired) electrons. The highest BCUT2D eigenvalue weighted by Crippen LogP contribution is 2.38. The number of amides is 1. The number of likely N-dealkylation sites (N-methyl/N-ethyl adjacent to an activating group) is 1. The quantitative estimate of drug-likeness (QED) is 0.795. The Morgan fingerprint density at radius 3 is 2.44 bits per heavy atom. The second-order valence-corrected chi connectivity index (χ2v) is 5.49. The Balaban J connectivity index is 1.93. The highest BCUT2D eigenvalue weighted by atomic mass is 16.3. The van der Waals surface area contributed by atoms with Crippen LogP contribution in [0.3, 0.4) is 0 Å². The number of hydrogen-bond donors (Lipinski definition) is 1. The summed E-state index contributed by atoms with van der Waals surface area (Å²) in [7, 11) is 1.86. The van der Waals surface area contributed by atoms with Crippen molar-refractivity contribution < 1.29 is 9.90 Å². The molecule has 3 unspecified atom stereocenters. The van der Waals surface area contributed by atoms with Crippen molar-refractivity contribution in [2.24, 2.45) is 11.8 Å². The molecule has 2 saturated carbocycles. The lowest BCUT2D eigenvalue weighted by molar-refractivity contribution is -0.139. The van der Waals surface area contributed by atoms with E-state index in [4.69, 9.17) is 0 Å². The molecule has 0 aliphatic heterocycles. The molecule has 3 nitrogen and oxygen atoms in total. The third-order valence-corrected chi connectivity index (χ3v) is 4.26. The Labute approximate surface area is 97.8 Å². The Morgan fingerprint density at radius 1 is 1.25 bits per heavy atom. The van der Waals surface area contributed by atoms with Gasteiger partial charge in [-0.15, -0.1) is 0 Å². The zero-order chi connectivity index (χ0) is 11.7. The molecule has 92 valence electrons. The molecule has 16 heavy (non-hydrogen) atoms. The van der Waals surface area contributed by atoms with Gasteiger partial charge in [-0.2, -0.15) is 0 Å². The van der Waals surface area contributed by atoms with E-state index in [0.29, 0.717) is 5.92 Å². The fourth-order valence-corrected chi connectivity index (χ4v) is 2.83. The SMILES string of the molecule is CC(C(=O)N(C)C1CCCCC1O)C1CC1. The van der Waals surface area contributed by atoms with Crippen LogP contribution in [-0.2, 0) is 4.79 Å². The van der Waals surface area contributed by atoms with Crippen molar-refractivity contribution in [1.82, 2.24) is 4.90 Å². The molecule has 0 aromatic rings. The molecule has 2 rings (SSSR count). The van der Waals surface area contributed by atoms with Crippen LogP contribution in [0.15, 0.2) is 0 Å². The van der Waals surface area contributed by atoms with Crippen molar-refractivity contribution in [3.8, 4) is 0 Å². The minimum absolute atomic E-state index is 0.0578. The van der Waals surface area contributed by atoms with Gasteiger partial charge in [-0.1, -0.05) is 19.8 Å². The lowest BCUT2D eigenvalue weighted by Crippen LogP contribution is -2.48. The van der Waals surface area contributed by atoms with E-state index in [2.05, 4.69) is 0 Å². The van der Waals surface area contributed by atoms with E-state index in [1.54, 1.807) is 0 Å². The molecule has 3 atom stereocenters. The molecule has 0 spiro atoms. The molecule has 2 aliphatic rings. The Kier molecular flexibility index (Phi) is 3.53. The molecule has 0 heterocycles. The van der Waals surface area contributed by atoms with Crippen LogP contribution in [0.4, 0.5) is 0 Å². The molecule has 1 amide bonds. The van der Waals surface area contributed by atoms with Crippen molar-refractivity contribution in [3.63, 3.8) is 0 Å². The number of carbonyl (C=O) groups is 1. The third kappa shape index (κ3) is 2.40. The van der Waals surface area contributed by atoms with Gasteiger partial charge in [0.15, 0.2) is 0 Å². The zero-order valence-electron chi connectivity index (χ0n) is 10.4. The van der Waals surface area contributed by atoms with Gasteiger partial charge in [-0.3, -0.25) is 4.79 Å². The van der Waals surface area contributed by atoms with Gasteiger partial charge >= 0.3 is 0 Å². The van der Waals surface area contributed by atoms with Crippen LogP contribution in [0.25, 0.3) is 0 Å². The Bertz CT molecular complexity index is 263. The summed E-state index contributed by atoms with van der Waals surface area (Å²) in [6.45, 7) is 2.03. The first kappa shape index (κ1) is 11.9. The summed E-state index contributed by atoms with van der Waals surface area (Å²) >= 11 is 0. The van der Waals surface area contributed by atoms with Gasteiger partial charge < -0.3 is 10.0 Å². The van der Waals surface area contributed by atoms with Gasteiger partial charge in [-0.25, -0.2) is 0 Å². The maximum Gasteiger partial charge on any atom is 0.225 e. The molecule has 3 heteroatoms. The predicted molar refractivity (Wildman–Crippen MR) is 62.9 cm³/mol. The largest absolute Gasteiger partial charge is 0.391 e. The first-order valence-corrected chi connectivity index (χ1v) is 6.56. The van der Waals surface area contributed by atoms with Crippen molar-refractivity contribution >= 4 is 5.91 Å². The monoisotopic (exact) mass is 225 g/mol. The van der Waals surface area contributed by atoms with Crippen molar-refractivity contribution in [3.05, 3.63) is 0 Å². The summed E-state index contributed by atoms with van der Waals surface area (Å²) in [6, 6.07) is 0.0578. The average Bonchev–Trinajstić information content (AvgIpc) is 3.11. The van der Waals surface area contributed by atoms with Crippen molar-refractivity contribution in [2.45, 2.75) is 57.6 Å². The molecule has 0 saturated heterocycles. The van der Waals surface area contributed by atoms with E-state index in [1.165, 1.54) is 12.8 Å². The zero-order valence-corrected chi connectivity index (χ0v) is 10.4. The average molecular weight is 225 g/mol. The molecular formula is C13H23NO2. The molecule has 2 fully saturated rings. The summed E-state index contributed by atoms with van der Waals surface area (Å²) in [6.07, 6.45) is 6.13. The number of aliphatic hydroxyl groups is 1. The van der Waals surface area contributed by atoms with E-state index in [-0.39, 0.29) is 24.0 Å². The van der Waals surface area contributed by atoms with Crippen molar-refractivity contribution in [2.75, 3.05) is 7.05 Å². The fraction of sp³-hybridized carbons (Fsp3) is 0.923. The molecule has 1 N–H and O–H groups in total. The maximum absolute atomic E-state index is 12.2. The normalized spacial score (nSPS) is 32.2. The smallest absolute Gasteiger partial charge is 0.225 e. The highest BCUT2D eigenvalue weighted by Gasteiger charge is 2.37. The van der Waals surface area contributed by atoms with E-state index >= 15 is 0 Å².